The summed E-state index contributed by atoms with van der Waals surface area (Å²) in [5.74, 6) is -0.145. The maximum Gasteiger partial charge on any atom is 0.264 e. The number of ether oxygens (including phenoxy) is 2. The molecule has 9 nitrogen and oxygen atoms in total. The van der Waals surface area contributed by atoms with Gasteiger partial charge in [0.25, 0.3) is 10.0 Å². The van der Waals surface area contributed by atoms with E-state index < -0.39 is 28.5 Å². The predicted molar refractivity (Wildman–Crippen MR) is 191 cm³/mol. The number of anilines is 1. The van der Waals surface area contributed by atoms with E-state index in [2.05, 4.69) is 5.32 Å². The number of rotatable bonds is 14. The molecule has 2 amide bonds. The zero-order chi connectivity index (χ0) is 34.8. The Morgan fingerprint density at radius 1 is 0.816 bits per heavy atom. The zero-order valence-corrected chi connectivity index (χ0v) is 29.3. The molecule has 1 aliphatic rings. The summed E-state index contributed by atoms with van der Waals surface area (Å²) in [5.41, 5.74) is 1.76. The Bertz CT molecular complexity index is 1820. The highest BCUT2D eigenvalue weighted by Crippen LogP contribution is 2.34. The lowest BCUT2D eigenvalue weighted by atomic mass is 9.94. The van der Waals surface area contributed by atoms with E-state index in [1.54, 1.807) is 48.5 Å². The van der Waals surface area contributed by atoms with Crippen LogP contribution in [0.1, 0.15) is 43.2 Å². The molecule has 0 saturated heterocycles. The van der Waals surface area contributed by atoms with E-state index in [0.717, 1.165) is 42.0 Å². The molecule has 4 aromatic rings. The first kappa shape index (κ1) is 35.8. The van der Waals surface area contributed by atoms with E-state index in [0.29, 0.717) is 22.1 Å². The number of methoxy groups -OCH3 is 2. The van der Waals surface area contributed by atoms with E-state index in [9.17, 15) is 18.0 Å². The molecular weight excluding hydrogens is 662 g/mol. The van der Waals surface area contributed by atoms with Gasteiger partial charge in [-0.2, -0.15) is 0 Å². The number of sulfonamides is 1. The SMILES string of the molecule is COc1ccc(N(CC(=O)N(Cc2cccc(Cl)c2)[C@H](Cc2ccccc2)C(=O)NC2CCCCC2)S(=O)(=O)c2ccccc2)cc1OC. The number of carbonyl (C=O) groups excluding carboxylic acids is 2. The number of carbonyl (C=O) groups is 2. The molecule has 1 saturated carbocycles. The fourth-order valence-electron chi connectivity index (χ4n) is 6.16. The van der Waals surface area contributed by atoms with Crippen molar-refractivity contribution in [3.8, 4) is 11.5 Å². The van der Waals surface area contributed by atoms with Crippen molar-refractivity contribution in [2.45, 2.75) is 62.0 Å². The summed E-state index contributed by atoms with van der Waals surface area (Å²) in [5, 5.41) is 3.70. The maximum absolute atomic E-state index is 14.8. The van der Waals surface area contributed by atoms with Gasteiger partial charge in [0, 0.05) is 30.1 Å². The van der Waals surface area contributed by atoms with Crippen LogP contribution in [0.5, 0.6) is 11.5 Å². The Balaban J connectivity index is 1.59. The van der Waals surface area contributed by atoms with Crippen LogP contribution in [0.25, 0.3) is 0 Å². The molecule has 0 unspecified atom stereocenters. The Kier molecular flexibility index (Phi) is 12.2. The molecule has 1 atom stereocenters. The van der Waals surface area contributed by atoms with Crippen molar-refractivity contribution in [2.75, 3.05) is 25.1 Å². The van der Waals surface area contributed by atoms with E-state index in [1.807, 2.05) is 36.4 Å². The zero-order valence-electron chi connectivity index (χ0n) is 27.8. The van der Waals surface area contributed by atoms with Gasteiger partial charge >= 0.3 is 0 Å². The van der Waals surface area contributed by atoms with Crippen molar-refractivity contribution < 1.29 is 27.5 Å². The Hall–Kier alpha value is -4.54. The van der Waals surface area contributed by atoms with Crippen molar-refractivity contribution >= 4 is 39.1 Å². The second kappa shape index (κ2) is 16.7. The lowest BCUT2D eigenvalue weighted by Crippen LogP contribution is -2.55. The fraction of sp³-hybridized carbons (Fsp3) is 0.316. The quantitative estimate of drug-likeness (QED) is 0.158. The number of nitrogens with zero attached hydrogens (tertiary/aromatic N) is 2. The van der Waals surface area contributed by atoms with E-state index in [-0.39, 0.29) is 35.5 Å². The second-order valence-electron chi connectivity index (χ2n) is 12.1. The molecule has 0 bridgehead atoms. The van der Waals surface area contributed by atoms with Crippen LogP contribution in [0.3, 0.4) is 0 Å². The van der Waals surface area contributed by atoms with Gasteiger partial charge in [-0.25, -0.2) is 8.42 Å². The molecule has 5 rings (SSSR count). The minimum Gasteiger partial charge on any atom is -0.493 e. The number of halogens is 1. The lowest BCUT2D eigenvalue weighted by Gasteiger charge is -2.35. The van der Waals surface area contributed by atoms with Crippen molar-refractivity contribution in [1.82, 2.24) is 10.2 Å². The molecule has 0 spiro atoms. The molecule has 1 N–H and O–H groups in total. The molecule has 1 aliphatic carbocycles. The highest BCUT2D eigenvalue weighted by molar-refractivity contribution is 7.92. The van der Waals surface area contributed by atoms with E-state index in [1.165, 1.54) is 37.3 Å². The van der Waals surface area contributed by atoms with Gasteiger partial charge in [0.15, 0.2) is 11.5 Å². The van der Waals surface area contributed by atoms with Crippen molar-refractivity contribution in [1.29, 1.82) is 0 Å². The van der Waals surface area contributed by atoms with Crippen LogP contribution >= 0.6 is 11.6 Å². The molecular formula is C38H42ClN3O6S. The molecule has 1 fully saturated rings. The Labute approximate surface area is 293 Å². The van der Waals surface area contributed by atoms with Gasteiger partial charge in [-0.05, 0) is 60.4 Å². The second-order valence-corrected chi connectivity index (χ2v) is 14.4. The summed E-state index contributed by atoms with van der Waals surface area (Å²) in [6.45, 7) is -0.560. The van der Waals surface area contributed by atoms with Crippen LogP contribution in [0.15, 0.2) is 108 Å². The first-order valence-corrected chi connectivity index (χ1v) is 18.2. The highest BCUT2D eigenvalue weighted by atomic mass is 35.5. The molecule has 4 aromatic carbocycles. The number of benzene rings is 4. The monoisotopic (exact) mass is 703 g/mol. The lowest BCUT2D eigenvalue weighted by molar-refractivity contribution is -0.140. The molecule has 49 heavy (non-hydrogen) atoms. The molecule has 0 aromatic heterocycles. The molecule has 0 heterocycles. The van der Waals surface area contributed by atoms with Gasteiger partial charge in [-0.3, -0.25) is 13.9 Å². The molecule has 258 valence electrons. The summed E-state index contributed by atoms with van der Waals surface area (Å²) in [6, 6.07) is 28.3. The third kappa shape index (κ3) is 9.13. The average Bonchev–Trinajstić information content (AvgIpc) is 3.12. The third-order valence-corrected chi connectivity index (χ3v) is 10.8. The van der Waals surface area contributed by atoms with Crippen LogP contribution in [0.2, 0.25) is 5.02 Å². The van der Waals surface area contributed by atoms with E-state index >= 15 is 0 Å². The minimum absolute atomic E-state index is 0.00404. The van der Waals surface area contributed by atoms with Gasteiger partial charge < -0.3 is 19.7 Å². The Morgan fingerprint density at radius 3 is 2.12 bits per heavy atom. The van der Waals surface area contributed by atoms with Crippen molar-refractivity contribution in [2.24, 2.45) is 0 Å². The minimum atomic E-state index is -4.27. The summed E-state index contributed by atoms with van der Waals surface area (Å²) in [4.78, 5) is 30.5. The summed E-state index contributed by atoms with van der Waals surface area (Å²) in [7, 11) is -1.33. The maximum atomic E-state index is 14.8. The van der Waals surface area contributed by atoms with Crippen LogP contribution in [0.4, 0.5) is 5.69 Å². The van der Waals surface area contributed by atoms with E-state index in [4.69, 9.17) is 21.1 Å². The number of hydrogen-bond acceptors (Lipinski definition) is 6. The van der Waals surface area contributed by atoms with Gasteiger partial charge in [-0.1, -0.05) is 91.5 Å². The third-order valence-electron chi connectivity index (χ3n) is 8.73. The molecule has 0 radical (unpaired) electrons. The highest BCUT2D eigenvalue weighted by Gasteiger charge is 2.35. The summed E-state index contributed by atoms with van der Waals surface area (Å²) < 4.78 is 40.5. The fourth-order valence-corrected chi connectivity index (χ4v) is 7.80. The van der Waals surface area contributed by atoms with Crippen molar-refractivity contribution in [3.05, 3.63) is 119 Å². The van der Waals surface area contributed by atoms with Crippen LogP contribution in [-0.4, -0.2) is 58.0 Å². The number of amides is 2. The van der Waals surface area contributed by atoms with Crippen molar-refractivity contribution in [3.63, 3.8) is 0 Å². The smallest absolute Gasteiger partial charge is 0.264 e. The molecule has 0 aliphatic heterocycles. The van der Waals surface area contributed by atoms with Crippen LogP contribution < -0.4 is 19.1 Å². The van der Waals surface area contributed by atoms with Gasteiger partial charge in [-0.15, -0.1) is 0 Å². The average molecular weight is 704 g/mol. The first-order chi connectivity index (χ1) is 23.7. The number of nitrogens with one attached hydrogen (secondary N) is 1. The topological polar surface area (TPSA) is 105 Å². The largest absolute Gasteiger partial charge is 0.493 e. The normalized spacial score (nSPS) is 14.0. The summed E-state index contributed by atoms with van der Waals surface area (Å²) >= 11 is 6.36. The van der Waals surface area contributed by atoms with Crippen LogP contribution in [0, 0.1) is 0 Å². The number of hydrogen-bond donors (Lipinski definition) is 1. The standard InChI is InChI=1S/C38H42ClN3O6S/c1-47-35-22-21-32(25-36(35)48-2)42(49(45,46)33-19-10-5-11-20-33)27-37(43)41(26-29-15-12-16-30(39)23-29)34(24-28-13-6-3-7-14-28)38(44)40-31-17-8-4-9-18-31/h3,5-7,10-16,19-23,25,31,34H,4,8-9,17-18,24,26-27H2,1-2H3,(H,40,44)/t34-/m1/s1. The molecule has 11 heteroatoms. The Morgan fingerprint density at radius 2 is 1.47 bits per heavy atom. The predicted octanol–water partition coefficient (Wildman–Crippen LogP) is 6.64. The van der Waals surface area contributed by atoms with Gasteiger partial charge in [0.2, 0.25) is 11.8 Å². The van der Waals surface area contributed by atoms with Gasteiger partial charge in [0.05, 0.1) is 24.8 Å². The van der Waals surface area contributed by atoms with Gasteiger partial charge in [0.1, 0.15) is 12.6 Å². The first-order valence-electron chi connectivity index (χ1n) is 16.4. The van der Waals surface area contributed by atoms with Crippen LogP contribution in [-0.2, 0) is 32.6 Å². The summed E-state index contributed by atoms with van der Waals surface area (Å²) in [6.07, 6.45) is 5.14.